The summed E-state index contributed by atoms with van der Waals surface area (Å²) in [5, 5.41) is 12.1. The number of rotatable bonds is 7. The molecule has 3 saturated heterocycles. The molecule has 2 unspecified atom stereocenters. The highest BCUT2D eigenvalue weighted by Gasteiger charge is 2.74. The van der Waals surface area contributed by atoms with Crippen molar-refractivity contribution in [3.63, 3.8) is 0 Å². The van der Waals surface area contributed by atoms with Crippen molar-refractivity contribution >= 4 is 17.8 Å². The van der Waals surface area contributed by atoms with E-state index in [2.05, 4.69) is 5.32 Å². The lowest BCUT2D eigenvalue weighted by molar-refractivity contribution is -0.154. The minimum absolute atomic E-state index is 0.0767. The van der Waals surface area contributed by atoms with Crippen LogP contribution in [-0.4, -0.2) is 71.3 Å². The van der Waals surface area contributed by atoms with E-state index in [1.807, 2.05) is 13.8 Å². The Labute approximate surface area is 153 Å². The lowest BCUT2D eigenvalue weighted by Gasteiger charge is -2.33. The molecule has 0 radical (unpaired) electrons. The zero-order valence-corrected chi connectivity index (χ0v) is 15.6. The van der Waals surface area contributed by atoms with Crippen molar-refractivity contribution in [2.45, 2.75) is 63.8 Å². The van der Waals surface area contributed by atoms with Crippen LogP contribution in [0.15, 0.2) is 0 Å². The second kappa shape index (κ2) is 7.15. The molecule has 0 aromatic heterocycles. The average molecular weight is 368 g/mol. The van der Waals surface area contributed by atoms with Gasteiger partial charge in [-0.05, 0) is 40.0 Å². The van der Waals surface area contributed by atoms with Crippen LogP contribution in [-0.2, 0) is 23.9 Å². The third-order valence-corrected chi connectivity index (χ3v) is 5.60. The van der Waals surface area contributed by atoms with Gasteiger partial charge in [0.1, 0.15) is 11.6 Å². The number of esters is 1. The molecule has 3 fully saturated rings. The lowest BCUT2D eigenvalue weighted by Crippen LogP contribution is -2.56. The normalized spacial score (nSPS) is 35.1. The number of aliphatic hydroxyl groups is 1. The topological polar surface area (TPSA) is 105 Å². The molecule has 0 aromatic carbocycles. The minimum atomic E-state index is -0.979. The van der Waals surface area contributed by atoms with E-state index in [9.17, 15) is 19.5 Å². The third-order valence-electron chi connectivity index (χ3n) is 5.60. The van der Waals surface area contributed by atoms with Gasteiger partial charge in [0.15, 0.2) is 0 Å². The van der Waals surface area contributed by atoms with Gasteiger partial charge in [0.2, 0.25) is 11.8 Å². The highest BCUT2D eigenvalue weighted by molar-refractivity contribution is 5.98. The van der Waals surface area contributed by atoms with Crippen LogP contribution in [0.3, 0.4) is 0 Å². The number of carbonyl (C=O) groups is 3. The molecule has 2 bridgehead atoms. The van der Waals surface area contributed by atoms with Gasteiger partial charge >= 0.3 is 5.97 Å². The van der Waals surface area contributed by atoms with Crippen LogP contribution in [0.4, 0.5) is 0 Å². The summed E-state index contributed by atoms with van der Waals surface area (Å²) in [5.74, 6) is -2.29. The molecule has 3 rings (SSSR count). The van der Waals surface area contributed by atoms with Crippen molar-refractivity contribution < 1.29 is 29.0 Å². The highest BCUT2D eigenvalue weighted by atomic mass is 16.6. The molecule has 26 heavy (non-hydrogen) atoms. The number of fused-ring (bicyclic) bond motifs is 1. The van der Waals surface area contributed by atoms with Crippen LogP contribution in [0, 0.1) is 11.8 Å². The van der Waals surface area contributed by atoms with Crippen LogP contribution in [0.25, 0.3) is 0 Å². The summed E-state index contributed by atoms with van der Waals surface area (Å²) in [6.45, 7) is 5.86. The molecule has 2 N–H and O–H groups in total. The van der Waals surface area contributed by atoms with Crippen LogP contribution >= 0.6 is 0 Å². The van der Waals surface area contributed by atoms with E-state index in [1.54, 1.807) is 6.92 Å². The Hall–Kier alpha value is -1.67. The fourth-order valence-electron chi connectivity index (χ4n) is 4.80. The first-order valence-corrected chi connectivity index (χ1v) is 9.43. The molecule has 3 heterocycles. The van der Waals surface area contributed by atoms with Gasteiger partial charge in [-0.25, -0.2) is 0 Å². The molecular formula is C18H28N2O6. The maximum Gasteiger partial charge on any atom is 0.312 e. The Morgan fingerprint density at radius 1 is 1.46 bits per heavy atom. The van der Waals surface area contributed by atoms with Crippen LogP contribution < -0.4 is 5.32 Å². The van der Waals surface area contributed by atoms with Gasteiger partial charge in [0.05, 0.1) is 24.5 Å². The van der Waals surface area contributed by atoms with E-state index in [0.717, 1.165) is 0 Å². The van der Waals surface area contributed by atoms with Crippen molar-refractivity contribution in [2.24, 2.45) is 11.8 Å². The van der Waals surface area contributed by atoms with Gasteiger partial charge in [-0.3, -0.25) is 14.4 Å². The first-order valence-electron chi connectivity index (χ1n) is 9.43. The predicted octanol–water partition coefficient (Wildman–Crippen LogP) is -0.169. The highest BCUT2D eigenvalue weighted by Crippen LogP contribution is 2.58. The Morgan fingerprint density at radius 3 is 2.81 bits per heavy atom. The first kappa shape index (κ1) is 19.1. The first-order chi connectivity index (χ1) is 12.4. The molecule has 0 aromatic rings. The molecule has 3 aliphatic heterocycles. The lowest BCUT2D eigenvalue weighted by atomic mass is 9.70. The van der Waals surface area contributed by atoms with Gasteiger partial charge in [-0.2, -0.15) is 0 Å². The standard InChI is InChI=1S/C18H28N2O6/c1-4-25-17(24)12-11-6-7-18(26-11)13(12)16(23)20(8-5-9-21)14(18)15(22)19-10(2)3/h10-14,21H,4-9H2,1-3H3,(H,19,22)/t11-,12+,13+,14?,18?/m1/s1. The molecule has 0 saturated carbocycles. The van der Waals surface area contributed by atoms with Crippen LogP contribution in [0.2, 0.25) is 0 Å². The number of aliphatic hydroxyl groups excluding tert-OH is 1. The zero-order valence-electron chi connectivity index (χ0n) is 15.6. The van der Waals surface area contributed by atoms with E-state index < -0.39 is 29.4 Å². The van der Waals surface area contributed by atoms with Gasteiger partial charge in [-0.1, -0.05) is 0 Å². The number of hydrogen-bond acceptors (Lipinski definition) is 6. The van der Waals surface area contributed by atoms with Crippen molar-refractivity contribution in [2.75, 3.05) is 19.8 Å². The van der Waals surface area contributed by atoms with Crippen LogP contribution in [0.5, 0.6) is 0 Å². The second-order valence-corrected chi connectivity index (χ2v) is 7.58. The summed E-state index contributed by atoms with van der Waals surface area (Å²) in [4.78, 5) is 40.1. The average Bonchev–Trinajstić information content (AvgIpc) is 3.20. The molecule has 5 atom stereocenters. The van der Waals surface area contributed by atoms with Crippen LogP contribution in [0.1, 0.15) is 40.0 Å². The number of hydrogen-bond donors (Lipinski definition) is 2. The summed E-state index contributed by atoms with van der Waals surface area (Å²) in [7, 11) is 0. The number of likely N-dealkylation sites (tertiary alicyclic amines) is 1. The Kier molecular flexibility index (Phi) is 5.25. The third kappa shape index (κ3) is 2.79. The molecule has 2 amide bonds. The summed E-state index contributed by atoms with van der Waals surface area (Å²) < 4.78 is 11.4. The minimum Gasteiger partial charge on any atom is -0.466 e. The van der Waals surface area contributed by atoms with E-state index in [4.69, 9.17) is 9.47 Å². The second-order valence-electron chi connectivity index (χ2n) is 7.58. The van der Waals surface area contributed by atoms with E-state index >= 15 is 0 Å². The maximum atomic E-state index is 13.2. The van der Waals surface area contributed by atoms with Crippen molar-refractivity contribution in [3.8, 4) is 0 Å². The Balaban J connectivity index is 1.96. The molecule has 8 heteroatoms. The zero-order chi connectivity index (χ0) is 19.1. The van der Waals surface area contributed by atoms with Crippen molar-refractivity contribution in [1.82, 2.24) is 10.2 Å². The van der Waals surface area contributed by atoms with Gasteiger partial charge in [-0.15, -0.1) is 0 Å². The summed E-state index contributed by atoms with van der Waals surface area (Å²) >= 11 is 0. The van der Waals surface area contributed by atoms with E-state index in [0.29, 0.717) is 19.3 Å². The molecular weight excluding hydrogens is 340 g/mol. The van der Waals surface area contributed by atoms with E-state index in [-0.39, 0.29) is 43.7 Å². The molecule has 8 nitrogen and oxygen atoms in total. The number of nitrogens with one attached hydrogen (secondary N) is 1. The van der Waals surface area contributed by atoms with Gasteiger partial charge in [0, 0.05) is 19.2 Å². The van der Waals surface area contributed by atoms with E-state index in [1.165, 1.54) is 4.90 Å². The fraction of sp³-hybridized carbons (Fsp3) is 0.833. The predicted molar refractivity (Wildman–Crippen MR) is 90.9 cm³/mol. The smallest absolute Gasteiger partial charge is 0.312 e. The number of nitrogens with zero attached hydrogens (tertiary/aromatic N) is 1. The summed E-state index contributed by atoms with van der Waals surface area (Å²) in [6.07, 6.45) is 1.19. The fourth-order valence-corrected chi connectivity index (χ4v) is 4.80. The summed E-state index contributed by atoms with van der Waals surface area (Å²) in [5.41, 5.74) is -0.979. The molecule has 0 aliphatic carbocycles. The largest absolute Gasteiger partial charge is 0.466 e. The van der Waals surface area contributed by atoms with Gasteiger partial charge < -0.3 is 24.8 Å². The summed E-state index contributed by atoms with van der Waals surface area (Å²) in [6, 6.07) is -0.856. The Morgan fingerprint density at radius 2 is 2.19 bits per heavy atom. The Bertz CT molecular complexity index is 594. The molecule has 146 valence electrons. The SMILES string of the molecule is CCOC(=O)[C@@H]1[C@H]2C(=O)N(CCCO)C(C(=O)NC(C)C)C23CC[C@H]1O3. The number of amides is 2. The van der Waals surface area contributed by atoms with Crippen molar-refractivity contribution in [1.29, 1.82) is 0 Å². The van der Waals surface area contributed by atoms with Crippen molar-refractivity contribution in [3.05, 3.63) is 0 Å². The number of ether oxygens (including phenoxy) is 2. The maximum absolute atomic E-state index is 13.2. The quantitative estimate of drug-likeness (QED) is 0.605. The molecule has 3 aliphatic rings. The molecule has 1 spiro atoms. The number of carbonyl (C=O) groups excluding carboxylic acids is 3. The monoisotopic (exact) mass is 368 g/mol. The van der Waals surface area contributed by atoms with Gasteiger partial charge in [0.25, 0.3) is 0 Å².